The standard InChI is InChI=1S/C64H109N2O7P/c1-7-10-13-16-19-22-25-28-30-32-33-34-36-39-42-45-48-51-54-57-64(68)73-62(55-52-49-46-43-40-37-27-24-21-18-15-12-9-3)61(60-72-74(69,70)71-59-58-66(4,5)6)65-63(67)56-53-50-47-44-41-38-35-31-29-26-23-20-17-14-11-8-2/h10-11,13-14,19-20,22-23,28-31,33-34,38-39,41-42,52,55,61-62H,7-9,12,15-18,21,24-27,32,35-37,40,43-51,53-54,56-60H2,1-6H3,(H-,65,67,69,70)/p+1/b13-10-,14-11+,22-19-,23-20+,30-28-,31-29+,34-33-,41-38+,42-39-,55-52+. The van der Waals surface area contributed by atoms with Crippen molar-refractivity contribution >= 4 is 19.7 Å². The molecule has 9 nitrogen and oxygen atoms in total. The molecule has 0 rings (SSSR count). The van der Waals surface area contributed by atoms with Crippen LogP contribution in [0, 0.1) is 0 Å². The fourth-order valence-corrected chi connectivity index (χ4v) is 8.40. The van der Waals surface area contributed by atoms with Crippen LogP contribution in [0.4, 0.5) is 0 Å². The van der Waals surface area contributed by atoms with Gasteiger partial charge in [-0.1, -0.05) is 213 Å². The maximum Gasteiger partial charge on any atom is 0.472 e. The van der Waals surface area contributed by atoms with Crippen molar-refractivity contribution in [1.82, 2.24) is 5.32 Å². The molecule has 74 heavy (non-hydrogen) atoms. The maximum absolute atomic E-state index is 13.5. The van der Waals surface area contributed by atoms with Crippen LogP contribution >= 0.6 is 7.82 Å². The number of carbonyl (C=O) groups is 2. The van der Waals surface area contributed by atoms with Crippen molar-refractivity contribution < 1.29 is 37.3 Å². The van der Waals surface area contributed by atoms with Gasteiger partial charge in [0.15, 0.2) is 0 Å². The summed E-state index contributed by atoms with van der Waals surface area (Å²) in [5, 5.41) is 3.02. The lowest BCUT2D eigenvalue weighted by atomic mass is 10.0. The second-order valence-electron chi connectivity index (χ2n) is 20.4. The van der Waals surface area contributed by atoms with Crippen LogP contribution in [0.15, 0.2) is 122 Å². The van der Waals surface area contributed by atoms with Gasteiger partial charge in [0.2, 0.25) is 5.91 Å². The van der Waals surface area contributed by atoms with Crippen LogP contribution in [0.5, 0.6) is 0 Å². The van der Waals surface area contributed by atoms with Gasteiger partial charge in [-0.3, -0.25) is 18.6 Å². The van der Waals surface area contributed by atoms with Gasteiger partial charge in [-0.25, -0.2) is 4.57 Å². The Hall–Kier alpha value is -3.59. The predicted molar refractivity (Wildman–Crippen MR) is 318 cm³/mol. The fourth-order valence-electron chi connectivity index (χ4n) is 7.66. The first-order chi connectivity index (χ1) is 35.9. The SMILES string of the molecule is CC/C=C\C/C=C\C/C=C\C/C=C\C/C=C\CCCCCC(=O)OC(/C=C/CCCCCCCCCCCCC)C(COP(=O)(O)OCC[N+](C)(C)C)NC(=O)CCCCC/C=C/C/C=C/C/C=C/C/C=C/CC. The molecule has 0 fully saturated rings. The van der Waals surface area contributed by atoms with Gasteiger partial charge < -0.3 is 19.4 Å². The first-order valence-corrected chi connectivity index (χ1v) is 30.9. The summed E-state index contributed by atoms with van der Waals surface area (Å²) in [5.41, 5.74) is 0. The molecule has 0 aromatic carbocycles. The Balaban J connectivity index is 5.48. The number of hydrogen-bond acceptors (Lipinski definition) is 6. The lowest BCUT2D eigenvalue weighted by Gasteiger charge is -2.27. The van der Waals surface area contributed by atoms with Crippen LogP contribution in [0.1, 0.15) is 220 Å². The highest BCUT2D eigenvalue weighted by molar-refractivity contribution is 7.47. The first kappa shape index (κ1) is 70.4. The Kier molecular flexibility index (Phi) is 50.3. The Morgan fingerprint density at radius 1 is 0.486 bits per heavy atom. The molecule has 3 unspecified atom stereocenters. The highest BCUT2D eigenvalue weighted by atomic mass is 31.2. The third-order valence-electron chi connectivity index (χ3n) is 12.1. The van der Waals surface area contributed by atoms with Gasteiger partial charge in [-0.2, -0.15) is 0 Å². The molecule has 0 aliphatic heterocycles. The molecule has 0 spiro atoms. The van der Waals surface area contributed by atoms with Gasteiger partial charge in [-0.05, 0) is 115 Å². The quantitative estimate of drug-likeness (QED) is 0.0205. The number of allylic oxidation sites excluding steroid dienone is 19. The topological polar surface area (TPSA) is 111 Å². The van der Waals surface area contributed by atoms with E-state index in [4.69, 9.17) is 13.8 Å². The third-order valence-corrected chi connectivity index (χ3v) is 13.1. The van der Waals surface area contributed by atoms with E-state index in [1.54, 1.807) is 0 Å². The van der Waals surface area contributed by atoms with Gasteiger partial charge >= 0.3 is 13.8 Å². The number of nitrogens with one attached hydrogen (secondary N) is 1. The van der Waals surface area contributed by atoms with Gasteiger partial charge in [0.1, 0.15) is 19.3 Å². The number of amides is 1. The van der Waals surface area contributed by atoms with Crippen LogP contribution in [-0.4, -0.2) is 74.3 Å². The summed E-state index contributed by atoms with van der Waals surface area (Å²) in [6, 6.07) is -0.887. The summed E-state index contributed by atoms with van der Waals surface area (Å²) >= 11 is 0. The molecule has 0 aromatic rings. The average Bonchev–Trinajstić information content (AvgIpc) is 3.36. The van der Waals surface area contributed by atoms with E-state index in [1.165, 1.54) is 57.8 Å². The minimum absolute atomic E-state index is 0.0214. The number of carbonyl (C=O) groups excluding carboxylic acids is 2. The molecule has 0 radical (unpaired) electrons. The molecule has 3 atom stereocenters. The van der Waals surface area contributed by atoms with Gasteiger partial charge in [0.25, 0.3) is 0 Å². The Bertz CT molecular complexity index is 1680. The number of ether oxygens (including phenoxy) is 1. The Morgan fingerprint density at radius 2 is 0.865 bits per heavy atom. The number of likely N-dealkylation sites (N-methyl/N-ethyl adjacent to an activating group) is 1. The van der Waals surface area contributed by atoms with E-state index in [1.807, 2.05) is 33.3 Å². The van der Waals surface area contributed by atoms with Crippen molar-refractivity contribution in [2.24, 2.45) is 0 Å². The minimum atomic E-state index is -4.47. The van der Waals surface area contributed by atoms with E-state index in [2.05, 4.69) is 135 Å². The lowest BCUT2D eigenvalue weighted by Crippen LogP contribution is -2.47. The number of quaternary nitrogens is 1. The summed E-state index contributed by atoms with van der Waals surface area (Å²) in [5.74, 6) is -0.589. The van der Waals surface area contributed by atoms with Gasteiger partial charge in [-0.15, -0.1) is 0 Å². The van der Waals surface area contributed by atoms with E-state index in [0.717, 1.165) is 116 Å². The number of nitrogens with zero attached hydrogens (tertiary/aromatic N) is 1. The van der Waals surface area contributed by atoms with E-state index >= 15 is 0 Å². The van der Waals surface area contributed by atoms with Gasteiger partial charge in [0, 0.05) is 12.8 Å². The largest absolute Gasteiger partial charge is 0.472 e. The zero-order valence-electron chi connectivity index (χ0n) is 48.0. The number of esters is 1. The maximum atomic E-state index is 13.5. The summed E-state index contributed by atoms with van der Waals surface area (Å²) in [4.78, 5) is 37.6. The van der Waals surface area contributed by atoms with Crippen LogP contribution in [0.25, 0.3) is 0 Å². The van der Waals surface area contributed by atoms with Crippen molar-refractivity contribution in [3.63, 3.8) is 0 Å². The normalized spacial score (nSPS) is 14.6. The second-order valence-corrected chi connectivity index (χ2v) is 21.9. The zero-order valence-corrected chi connectivity index (χ0v) is 48.9. The molecular weight excluding hydrogens is 940 g/mol. The fraction of sp³-hybridized carbons (Fsp3) is 0.656. The summed E-state index contributed by atoms with van der Waals surface area (Å²) in [6.07, 6.45) is 73.4. The van der Waals surface area contributed by atoms with Crippen molar-refractivity contribution in [2.75, 3.05) is 40.9 Å². The molecule has 0 aliphatic rings. The zero-order chi connectivity index (χ0) is 54.3. The Morgan fingerprint density at radius 3 is 1.30 bits per heavy atom. The molecule has 0 aromatic heterocycles. The molecule has 2 N–H and O–H groups in total. The Labute approximate surface area is 454 Å². The van der Waals surface area contributed by atoms with Crippen LogP contribution in [0.2, 0.25) is 0 Å². The molecule has 0 heterocycles. The first-order valence-electron chi connectivity index (χ1n) is 29.4. The molecular formula is C64H110N2O7P+. The predicted octanol–water partition coefficient (Wildman–Crippen LogP) is 17.9. The number of unbranched alkanes of at least 4 members (excludes halogenated alkanes) is 17. The van der Waals surface area contributed by atoms with E-state index in [0.29, 0.717) is 23.9 Å². The number of rotatable bonds is 51. The molecule has 0 saturated carbocycles. The van der Waals surface area contributed by atoms with E-state index in [-0.39, 0.29) is 37.9 Å². The van der Waals surface area contributed by atoms with E-state index < -0.39 is 20.0 Å². The molecule has 422 valence electrons. The van der Waals surface area contributed by atoms with Crippen molar-refractivity contribution in [3.8, 4) is 0 Å². The molecule has 10 heteroatoms. The van der Waals surface area contributed by atoms with Crippen LogP contribution < -0.4 is 5.32 Å². The summed E-state index contributed by atoms with van der Waals surface area (Å²) in [6.45, 7) is 6.71. The summed E-state index contributed by atoms with van der Waals surface area (Å²) in [7, 11) is 1.43. The highest BCUT2D eigenvalue weighted by Gasteiger charge is 2.30. The summed E-state index contributed by atoms with van der Waals surface area (Å²) < 4.78 is 30.6. The second kappa shape index (κ2) is 52.8. The number of hydrogen-bond donors (Lipinski definition) is 2. The van der Waals surface area contributed by atoms with Crippen LogP contribution in [-0.2, 0) is 27.9 Å². The van der Waals surface area contributed by atoms with Crippen LogP contribution in [0.3, 0.4) is 0 Å². The third kappa shape index (κ3) is 53.2. The van der Waals surface area contributed by atoms with Crippen molar-refractivity contribution in [1.29, 1.82) is 0 Å². The molecule has 0 bridgehead atoms. The smallest absolute Gasteiger partial charge is 0.456 e. The average molecular weight is 1050 g/mol. The molecule has 1 amide bonds. The number of phosphoric acid groups is 1. The number of phosphoric ester groups is 1. The van der Waals surface area contributed by atoms with Crippen molar-refractivity contribution in [3.05, 3.63) is 122 Å². The highest BCUT2D eigenvalue weighted by Crippen LogP contribution is 2.43. The molecule has 0 saturated heterocycles. The van der Waals surface area contributed by atoms with E-state index in [9.17, 15) is 19.0 Å². The van der Waals surface area contributed by atoms with Crippen molar-refractivity contribution in [2.45, 2.75) is 232 Å². The lowest BCUT2D eigenvalue weighted by molar-refractivity contribution is -0.870. The van der Waals surface area contributed by atoms with Gasteiger partial charge in [0.05, 0.1) is 33.8 Å². The molecule has 0 aliphatic carbocycles. The monoisotopic (exact) mass is 1050 g/mol. The minimum Gasteiger partial charge on any atom is -0.456 e.